The number of carbonyl (C=O) groups is 2. The Morgan fingerprint density at radius 3 is 2.58 bits per heavy atom. The maximum absolute atomic E-state index is 11.6. The minimum Gasteiger partial charge on any atom is -0.480 e. The molecular formula is C14H19NO4. The molecule has 0 aliphatic carbocycles. The van der Waals surface area contributed by atoms with Crippen LogP contribution in [0.15, 0.2) is 30.3 Å². The zero-order valence-corrected chi connectivity index (χ0v) is 11.0. The average Bonchev–Trinajstić information content (AvgIpc) is 2.39. The summed E-state index contributed by atoms with van der Waals surface area (Å²) in [4.78, 5) is 22.7. The van der Waals surface area contributed by atoms with Crippen LogP contribution >= 0.6 is 0 Å². The summed E-state index contributed by atoms with van der Waals surface area (Å²) in [6, 6.07) is 8.34. The van der Waals surface area contributed by atoms with Crippen molar-refractivity contribution in [2.45, 2.75) is 25.3 Å². The molecule has 5 nitrogen and oxygen atoms in total. The molecule has 0 saturated heterocycles. The third-order valence-electron chi connectivity index (χ3n) is 2.67. The van der Waals surface area contributed by atoms with Gasteiger partial charge in [0.25, 0.3) is 0 Å². The number of hydrogen-bond donors (Lipinski definition) is 2. The summed E-state index contributed by atoms with van der Waals surface area (Å²) in [6.45, 7) is 0.490. The molecule has 0 radical (unpaired) electrons. The average molecular weight is 265 g/mol. The third-order valence-corrected chi connectivity index (χ3v) is 2.67. The molecule has 19 heavy (non-hydrogen) atoms. The molecule has 0 bridgehead atoms. The van der Waals surface area contributed by atoms with E-state index in [1.54, 1.807) is 7.11 Å². The van der Waals surface area contributed by atoms with Crippen LogP contribution in [-0.2, 0) is 20.7 Å². The molecule has 0 unspecified atom stereocenters. The van der Waals surface area contributed by atoms with Crippen molar-refractivity contribution in [1.29, 1.82) is 0 Å². The van der Waals surface area contributed by atoms with Crippen molar-refractivity contribution >= 4 is 11.9 Å². The molecule has 1 rings (SSSR count). The third kappa shape index (κ3) is 6.01. The summed E-state index contributed by atoms with van der Waals surface area (Å²) in [6.07, 6.45) is 1.14. The molecule has 1 atom stereocenters. The van der Waals surface area contributed by atoms with E-state index < -0.39 is 12.0 Å². The number of benzene rings is 1. The summed E-state index contributed by atoms with van der Waals surface area (Å²) in [5.41, 5.74) is 0.882. The molecule has 1 amide bonds. The summed E-state index contributed by atoms with van der Waals surface area (Å²) in [5, 5.41) is 11.6. The summed E-state index contributed by atoms with van der Waals surface area (Å²) >= 11 is 0. The van der Waals surface area contributed by atoms with E-state index in [1.165, 1.54) is 0 Å². The van der Waals surface area contributed by atoms with Gasteiger partial charge in [-0.15, -0.1) is 0 Å². The summed E-state index contributed by atoms with van der Waals surface area (Å²) in [7, 11) is 1.56. The molecule has 1 aromatic carbocycles. The number of carbonyl (C=O) groups excluding carboxylic acids is 1. The maximum atomic E-state index is 11.6. The van der Waals surface area contributed by atoms with E-state index in [4.69, 9.17) is 9.84 Å². The van der Waals surface area contributed by atoms with Gasteiger partial charge in [-0.25, -0.2) is 4.79 Å². The van der Waals surface area contributed by atoms with Crippen LogP contribution in [0.25, 0.3) is 0 Å². The first-order valence-electron chi connectivity index (χ1n) is 6.18. The fourth-order valence-electron chi connectivity index (χ4n) is 1.69. The van der Waals surface area contributed by atoms with E-state index >= 15 is 0 Å². The Morgan fingerprint density at radius 2 is 2.00 bits per heavy atom. The normalized spacial score (nSPS) is 11.8. The number of carboxylic acid groups (broad SMARTS) is 1. The minimum absolute atomic E-state index is 0.264. The van der Waals surface area contributed by atoms with Gasteiger partial charge in [0.15, 0.2) is 0 Å². The van der Waals surface area contributed by atoms with Crippen LogP contribution < -0.4 is 5.32 Å². The number of methoxy groups -OCH3 is 1. The molecule has 0 aliphatic rings. The number of hydrogen-bond acceptors (Lipinski definition) is 3. The van der Waals surface area contributed by atoms with Crippen LogP contribution in [0.3, 0.4) is 0 Å². The quantitative estimate of drug-likeness (QED) is 0.693. The van der Waals surface area contributed by atoms with Crippen molar-refractivity contribution in [3.05, 3.63) is 35.9 Å². The first-order valence-corrected chi connectivity index (χ1v) is 6.18. The van der Waals surface area contributed by atoms with Crippen LogP contribution in [-0.4, -0.2) is 36.7 Å². The van der Waals surface area contributed by atoms with Crippen molar-refractivity contribution in [3.8, 4) is 0 Å². The monoisotopic (exact) mass is 265 g/mol. The van der Waals surface area contributed by atoms with Crippen LogP contribution in [0.5, 0.6) is 0 Å². The number of amides is 1. The van der Waals surface area contributed by atoms with Gasteiger partial charge in [0.2, 0.25) is 5.91 Å². The standard InChI is InChI=1S/C14H19NO4/c1-19-9-5-8-13(16)15-12(14(17)18)10-11-6-3-2-4-7-11/h2-4,6-7,12H,5,8-10H2,1H3,(H,15,16)(H,17,18)/t12-/m1/s1. The predicted molar refractivity (Wildman–Crippen MR) is 70.8 cm³/mol. The molecule has 0 aromatic heterocycles. The van der Waals surface area contributed by atoms with Gasteiger partial charge in [0.1, 0.15) is 6.04 Å². The number of ether oxygens (including phenoxy) is 1. The summed E-state index contributed by atoms with van der Waals surface area (Å²) < 4.78 is 4.84. The zero-order valence-electron chi connectivity index (χ0n) is 11.0. The molecule has 1 aromatic rings. The Bertz CT molecular complexity index is 405. The van der Waals surface area contributed by atoms with Crippen LogP contribution in [0.1, 0.15) is 18.4 Å². The molecule has 0 spiro atoms. The van der Waals surface area contributed by atoms with E-state index in [0.29, 0.717) is 13.0 Å². The van der Waals surface area contributed by atoms with Gasteiger partial charge in [0, 0.05) is 26.6 Å². The second-order valence-corrected chi connectivity index (χ2v) is 4.24. The van der Waals surface area contributed by atoms with E-state index in [0.717, 1.165) is 5.56 Å². The van der Waals surface area contributed by atoms with Gasteiger partial charge < -0.3 is 15.2 Å². The molecule has 0 saturated carbocycles. The topological polar surface area (TPSA) is 75.6 Å². The number of rotatable bonds is 8. The van der Waals surface area contributed by atoms with Crippen LogP contribution in [0.2, 0.25) is 0 Å². The van der Waals surface area contributed by atoms with Gasteiger partial charge in [-0.05, 0) is 12.0 Å². The fraction of sp³-hybridized carbons (Fsp3) is 0.429. The number of carboxylic acids is 1. The van der Waals surface area contributed by atoms with Gasteiger partial charge in [-0.2, -0.15) is 0 Å². The highest BCUT2D eigenvalue weighted by atomic mass is 16.5. The molecule has 0 heterocycles. The molecule has 104 valence electrons. The molecule has 5 heteroatoms. The Kier molecular flexibility index (Phi) is 6.60. The van der Waals surface area contributed by atoms with Gasteiger partial charge in [-0.1, -0.05) is 30.3 Å². The lowest BCUT2D eigenvalue weighted by Gasteiger charge is -2.14. The number of aliphatic carboxylic acids is 1. The van der Waals surface area contributed by atoms with E-state index in [9.17, 15) is 9.59 Å². The highest BCUT2D eigenvalue weighted by molar-refractivity contribution is 5.83. The SMILES string of the molecule is COCCCC(=O)N[C@H](Cc1ccccc1)C(=O)O. The Morgan fingerprint density at radius 1 is 1.32 bits per heavy atom. The first-order chi connectivity index (χ1) is 9.13. The zero-order chi connectivity index (χ0) is 14.1. The lowest BCUT2D eigenvalue weighted by molar-refractivity contribution is -0.141. The molecular weight excluding hydrogens is 246 g/mol. The van der Waals surface area contributed by atoms with Gasteiger partial charge in [-0.3, -0.25) is 4.79 Å². The highest BCUT2D eigenvalue weighted by Crippen LogP contribution is 2.04. The lowest BCUT2D eigenvalue weighted by Crippen LogP contribution is -2.42. The van der Waals surface area contributed by atoms with E-state index in [1.807, 2.05) is 30.3 Å². The van der Waals surface area contributed by atoms with Gasteiger partial charge >= 0.3 is 5.97 Å². The fourth-order valence-corrected chi connectivity index (χ4v) is 1.69. The largest absolute Gasteiger partial charge is 0.480 e. The lowest BCUT2D eigenvalue weighted by atomic mass is 10.1. The molecule has 0 aliphatic heterocycles. The second-order valence-electron chi connectivity index (χ2n) is 4.24. The van der Waals surface area contributed by atoms with E-state index in [-0.39, 0.29) is 18.7 Å². The Labute approximate surface area is 112 Å². The summed E-state index contributed by atoms with van der Waals surface area (Å²) in [5.74, 6) is -1.29. The molecule has 2 N–H and O–H groups in total. The van der Waals surface area contributed by atoms with E-state index in [2.05, 4.69) is 5.32 Å². The smallest absolute Gasteiger partial charge is 0.326 e. The van der Waals surface area contributed by atoms with Crippen LogP contribution in [0, 0.1) is 0 Å². The predicted octanol–water partition coefficient (Wildman–Crippen LogP) is 1.23. The van der Waals surface area contributed by atoms with Crippen molar-refractivity contribution < 1.29 is 19.4 Å². The maximum Gasteiger partial charge on any atom is 0.326 e. The minimum atomic E-state index is -1.02. The van der Waals surface area contributed by atoms with Crippen LogP contribution in [0.4, 0.5) is 0 Å². The van der Waals surface area contributed by atoms with Crippen molar-refractivity contribution in [2.24, 2.45) is 0 Å². The first kappa shape index (κ1) is 15.2. The Balaban J connectivity index is 2.49. The second kappa shape index (κ2) is 8.26. The van der Waals surface area contributed by atoms with Crippen molar-refractivity contribution in [1.82, 2.24) is 5.32 Å². The highest BCUT2D eigenvalue weighted by Gasteiger charge is 2.19. The van der Waals surface area contributed by atoms with Gasteiger partial charge in [0.05, 0.1) is 0 Å². The van der Waals surface area contributed by atoms with Crippen molar-refractivity contribution in [3.63, 3.8) is 0 Å². The van der Waals surface area contributed by atoms with Crippen molar-refractivity contribution in [2.75, 3.05) is 13.7 Å². The Hall–Kier alpha value is -1.88. The molecule has 0 fully saturated rings. The number of nitrogens with one attached hydrogen (secondary N) is 1.